The van der Waals surface area contributed by atoms with E-state index in [1.807, 2.05) is 89.4 Å². The number of ether oxygens (including phenoxy) is 2. The number of nitrogens with one attached hydrogen (secondary N) is 1. The number of benzene rings is 3. The second-order valence-corrected chi connectivity index (χ2v) is 15.0. The van der Waals surface area contributed by atoms with Crippen LogP contribution in [0.5, 0.6) is 5.75 Å². The van der Waals surface area contributed by atoms with E-state index in [9.17, 15) is 13.2 Å². The number of furan rings is 1. The number of hydrogen-bond donors (Lipinski definition) is 1. The fourth-order valence-corrected chi connectivity index (χ4v) is 7.45. The highest BCUT2D eigenvalue weighted by molar-refractivity contribution is 7.92. The molecule has 57 heavy (non-hydrogen) atoms. The highest BCUT2D eigenvalue weighted by atomic mass is 32.2. The quantitative estimate of drug-likeness (QED) is 0.170. The molecular formula is C44H56FN5O6S. The van der Waals surface area contributed by atoms with E-state index in [4.69, 9.17) is 18.9 Å². The highest BCUT2D eigenvalue weighted by Gasteiger charge is 2.33. The fraction of sp³-hybridized carbons (Fsp3) is 0.364. The third kappa shape index (κ3) is 8.41. The summed E-state index contributed by atoms with van der Waals surface area (Å²) in [6.07, 6.45) is 0.661. The average molecular weight is 802 g/mol. The number of aromatic nitrogens is 2. The van der Waals surface area contributed by atoms with Crippen LogP contribution in [0.3, 0.4) is 0 Å². The van der Waals surface area contributed by atoms with Crippen molar-refractivity contribution in [2.24, 2.45) is 0 Å². The highest BCUT2D eigenvalue weighted by Crippen LogP contribution is 2.45. The molecule has 0 aliphatic carbocycles. The number of morpholine rings is 1. The molecule has 306 valence electrons. The monoisotopic (exact) mass is 801 g/mol. The Morgan fingerprint density at radius 1 is 0.965 bits per heavy atom. The van der Waals surface area contributed by atoms with Gasteiger partial charge in [0.25, 0.3) is 5.91 Å². The summed E-state index contributed by atoms with van der Waals surface area (Å²) in [5.41, 5.74) is 5.41. The maximum Gasteiger partial charge on any atom is 0.255 e. The predicted molar refractivity (Wildman–Crippen MR) is 230 cm³/mol. The molecule has 0 radical (unpaired) electrons. The van der Waals surface area contributed by atoms with Gasteiger partial charge in [0.2, 0.25) is 10.0 Å². The maximum atomic E-state index is 15.3. The van der Waals surface area contributed by atoms with Gasteiger partial charge in [0.15, 0.2) is 6.23 Å². The Labute approximate surface area is 336 Å². The van der Waals surface area contributed by atoms with Gasteiger partial charge in [-0.05, 0) is 43.3 Å². The molecule has 2 aliphatic rings. The van der Waals surface area contributed by atoms with Gasteiger partial charge in [-0.3, -0.25) is 14.0 Å². The normalized spacial score (nSPS) is 14.8. The van der Waals surface area contributed by atoms with Crippen molar-refractivity contribution in [3.8, 4) is 39.7 Å². The number of pyridine rings is 1. The van der Waals surface area contributed by atoms with E-state index in [-0.39, 0.29) is 13.2 Å². The van der Waals surface area contributed by atoms with E-state index in [1.54, 1.807) is 37.4 Å². The lowest BCUT2D eigenvalue weighted by Crippen LogP contribution is -2.41. The smallest absolute Gasteiger partial charge is 0.255 e. The summed E-state index contributed by atoms with van der Waals surface area (Å²) in [6.45, 7) is 17.3. The average Bonchev–Trinajstić information content (AvgIpc) is 3.82. The van der Waals surface area contributed by atoms with Crippen LogP contribution >= 0.6 is 0 Å². The number of sulfonamides is 1. The first kappa shape index (κ1) is 42.9. The predicted octanol–water partition coefficient (Wildman–Crippen LogP) is 9.53. The first-order valence-electron chi connectivity index (χ1n) is 19.6. The molecule has 1 unspecified atom stereocenters. The molecule has 13 heteroatoms. The Bertz CT molecular complexity index is 2460. The van der Waals surface area contributed by atoms with Crippen LogP contribution in [0.25, 0.3) is 55.8 Å². The zero-order valence-electron chi connectivity index (χ0n) is 34.6. The number of anilines is 1. The van der Waals surface area contributed by atoms with E-state index < -0.39 is 16.3 Å². The van der Waals surface area contributed by atoms with Gasteiger partial charge in [-0.15, -0.1) is 0 Å². The van der Waals surface area contributed by atoms with Crippen LogP contribution in [0.1, 0.15) is 65.1 Å². The Kier molecular flexibility index (Phi) is 13.8. The molecule has 5 heterocycles. The van der Waals surface area contributed by atoms with E-state index >= 15 is 4.39 Å². The van der Waals surface area contributed by atoms with Crippen molar-refractivity contribution in [3.05, 3.63) is 89.7 Å². The van der Waals surface area contributed by atoms with Gasteiger partial charge >= 0.3 is 0 Å². The van der Waals surface area contributed by atoms with Crippen LogP contribution < -0.4 is 14.4 Å². The Balaban J connectivity index is 0.00000102. The number of aryl methyl sites for hydroxylation is 1. The maximum absolute atomic E-state index is 15.3. The minimum absolute atomic E-state index is 0. The zero-order valence-corrected chi connectivity index (χ0v) is 35.4. The van der Waals surface area contributed by atoms with E-state index in [0.29, 0.717) is 92.6 Å². The SMILES string of the molecule is CC.CC.CC.CNC(=O)c1c(-c2ccc(C)cc2)oc2cc(N(C)S(C)(=O)=O)c(-c3ccc4c(n3)-c3cc5c(F)cccc5n3C(CN3CCOCC3)O4)cc12.[HH]. The van der Waals surface area contributed by atoms with Crippen molar-refractivity contribution >= 4 is 43.5 Å². The number of fused-ring (bicyclic) bond motifs is 6. The molecule has 2 aliphatic heterocycles. The summed E-state index contributed by atoms with van der Waals surface area (Å²) in [7, 11) is -0.737. The molecule has 0 bridgehead atoms. The van der Waals surface area contributed by atoms with Crippen LogP contribution in [-0.4, -0.2) is 82.0 Å². The number of carbonyl (C=O) groups excluding carboxylic acids is 1. The Morgan fingerprint density at radius 2 is 1.65 bits per heavy atom. The standard InChI is InChI=1S/C38H36FN5O6S.3C2H6.H2/c1-22-8-10-23(11-9-22)37-35(38(45)40-2)26-18-25(30(20-33(26)50-37)42(3)51(4,46)47)28-12-13-32-36(41-28)31-19-24-27(39)6-5-7-29(24)44(31)34(49-32)21-43-14-16-48-17-15-43;3*1-2;/h5-13,18-20,34H,14-17,21H2,1-4H3,(H,40,45);3*1-2H3;1H. The number of hydrogen-bond acceptors (Lipinski definition) is 8. The number of amides is 1. The number of carbonyl (C=O) groups is 1. The summed E-state index contributed by atoms with van der Waals surface area (Å²) in [6, 6.07) is 21.3. The minimum atomic E-state index is -3.75. The number of nitrogens with zero attached hydrogens (tertiary/aromatic N) is 4. The van der Waals surface area contributed by atoms with Gasteiger partial charge in [0.1, 0.15) is 28.6 Å². The number of rotatable bonds is 7. The lowest BCUT2D eigenvalue weighted by Gasteiger charge is -2.35. The third-order valence-corrected chi connectivity index (χ3v) is 10.9. The molecule has 0 saturated carbocycles. The summed E-state index contributed by atoms with van der Waals surface area (Å²) < 4.78 is 62.9. The molecule has 8 rings (SSSR count). The van der Waals surface area contributed by atoms with Gasteiger partial charge < -0.3 is 23.8 Å². The van der Waals surface area contributed by atoms with Crippen molar-refractivity contribution in [2.45, 2.75) is 54.7 Å². The van der Waals surface area contributed by atoms with Crippen molar-refractivity contribution in [1.29, 1.82) is 0 Å². The van der Waals surface area contributed by atoms with E-state index in [2.05, 4.69) is 10.2 Å². The second-order valence-electron chi connectivity index (χ2n) is 12.9. The summed E-state index contributed by atoms with van der Waals surface area (Å²) >= 11 is 0. The fourth-order valence-electron chi connectivity index (χ4n) is 6.94. The molecule has 3 aromatic heterocycles. The summed E-state index contributed by atoms with van der Waals surface area (Å²) in [5, 5.41) is 3.66. The topological polar surface area (TPSA) is 119 Å². The second kappa shape index (κ2) is 18.4. The Hall–Kier alpha value is -5.24. The zero-order chi connectivity index (χ0) is 41.6. The molecule has 0 spiro atoms. The molecule has 1 N–H and O–H groups in total. The van der Waals surface area contributed by atoms with E-state index in [0.717, 1.165) is 29.2 Å². The van der Waals surface area contributed by atoms with Gasteiger partial charge in [0, 0.05) is 56.6 Å². The first-order valence-corrected chi connectivity index (χ1v) is 21.5. The third-order valence-electron chi connectivity index (χ3n) is 9.69. The van der Waals surface area contributed by atoms with Crippen LogP contribution in [-0.2, 0) is 14.8 Å². The van der Waals surface area contributed by atoms with Gasteiger partial charge in [-0.2, -0.15) is 0 Å². The van der Waals surface area contributed by atoms with Crippen molar-refractivity contribution in [2.75, 3.05) is 57.5 Å². The molecule has 6 aromatic rings. The van der Waals surface area contributed by atoms with Crippen molar-refractivity contribution < 1.29 is 32.9 Å². The van der Waals surface area contributed by atoms with Gasteiger partial charge in [0.05, 0.1) is 54.2 Å². The lowest BCUT2D eigenvalue weighted by atomic mass is 10.00. The van der Waals surface area contributed by atoms with Crippen LogP contribution in [0, 0.1) is 12.7 Å². The van der Waals surface area contributed by atoms with Crippen LogP contribution in [0.15, 0.2) is 77.2 Å². The molecule has 1 fully saturated rings. The molecule has 1 amide bonds. The van der Waals surface area contributed by atoms with Crippen molar-refractivity contribution in [3.63, 3.8) is 0 Å². The minimum Gasteiger partial charge on any atom is -0.466 e. The summed E-state index contributed by atoms with van der Waals surface area (Å²) in [4.78, 5) is 20.8. The Morgan fingerprint density at radius 3 is 2.30 bits per heavy atom. The summed E-state index contributed by atoms with van der Waals surface area (Å²) in [5.74, 6) is 0.164. The molecule has 3 aromatic carbocycles. The molecule has 1 saturated heterocycles. The molecular weight excluding hydrogens is 746 g/mol. The van der Waals surface area contributed by atoms with Crippen LogP contribution in [0.2, 0.25) is 0 Å². The van der Waals surface area contributed by atoms with E-state index in [1.165, 1.54) is 13.1 Å². The van der Waals surface area contributed by atoms with Gasteiger partial charge in [-0.25, -0.2) is 17.8 Å². The molecule has 1 atom stereocenters. The number of halogens is 1. The largest absolute Gasteiger partial charge is 0.466 e. The molecule has 11 nitrogen and oxygen atoms in total. The first-order chi connectivity index (χ1) is 27.5. The van der Waals surface area contributed by atoms with Crippen molar-refractivity contribution in [1.82, 2.24) is 19.8 Å². The van der Waals surface area contributed by atoms with Crippen LogP contribution in [0.4, 0.5) is 10.1 Å². The van der Waals surface area contributed by atoms with Gasteiger partial charge in [-0.1, -0.05) is 77.4 Å². The lowest BCUT2D eigenvalue weighted by molar-refractivity contribution is 0.00441.